The van der Waals surface area contributed by atoms with Crippen LogP contribution in [0.4, 0.5) is 4.39 Å². The molecule has 4 rings (SSSR count). The van der Waals surface area contributed by atoms with Gasteiger partial charge in [-0.2, -0.15) is 0 Å². The highest BCUT2D eigenvalue weighted by molar-refractivity contribution is 7.49. The summed E-state index contributed by atoms with van der Waals surface area (Å²) < 4.78 is 65.1. The largest absolute Gasteiger partial charge is 0.530 e. The highest BCUT2D eigenvalue weighted by Gasteiger charge is 2.50. The molecule has 1 fully saturated rings. The van der Waals surface area contributed by atoms with Crippen LogP contribution in [0.5, 0.6) is 5.75 Å². The summed E-state index contributed by atoms with van der Waals surface area (Å²) in [5.74, 6) is -3.31. The maximum Gasteiger partial charge on any atom is 0.530 e. The summed E-state index contributed by atoms with van der Waals surface area (Å²) in [4.78, 5) is 25.6. The Morgan fingerprint density at radius 1 is 1.53 bits per heavy atom. The van der Waals surface area contributed by atoms with Crippen molar-refractivity contribution in [1.29, 1.82) is 0 Å². The average Bonchev–Trinajstić information content (AvgIpc) is 3.00. The van der Waals surface area contributed by atoms with E-state index in [-0.39, 0.29) is 17.9 Å². The number of ether oxygens (including phenoxy) is 1. The van der Waals surface area contributed by atoms with Crippen LogP contribution < -0.4 is 15.8 Å². The van der Waals surface area contributed by atoms with Crippen molar-refractivity contribution in [2.45, 2.75) is 38.1 Å². The predicted octanol–water partition coefficient (Wildman–Crippen LogP) is 2.18. The van der Waals surface area contributed by atoms with E-state index in [1.165, 1.54) is 25.1 Å². The lowest BCUT2D eigenvalue weighted by Crippen LogP contribution is -2.37. The quantitative estimate of drug-likeness (QED) is 0.659. The van der Waals surface area contributed by atoms with Gasteiger partial charge < -0.3 is 14.4 Å². The molecule has 0 saturated carbocycles. The first-order valence-corrected chi connectivity index (χ1v) is 10.5. The van der Waals surface area contributed by atoms with E-state index in [9.17, 15) is 19.3 Å². The van der Waals surface area contributed by atoms with E-state index in [2.05, 4.69) is 0 Å². The molecule has 13 heteroatoms. The lowest BCUT2D eigenvalue weighted by atomic mass is 10.2. The number of H-pyrrole nitrogens is 1. The molecular formula is C17H17ClFN2O8P. The second-order valence-corrected chi connectivity index (χ2v) is 8.70. The first-order chi connectivity index (χ1) is 14.8. The van der Waals surface area contributed by atoms with Crippen molar-refractivity contribution in [2.75, 3.05) is 6.56 Å². The van der Waals surface area contributed by atoms with Gasteiger partial charge in [0.2, 0.25) is 5.85 Å². The molecule has 1 aromatic carbocycles. The molecule has 162 valence electrons. The van der Waals surface area contributed by atoms with Crippen molar-refractivity contribution in [3.63, 3.8) is 0 Å². The van der Waals surface area contributed by atoms with Gasteiger partial charge in [0, 0.05) is 28.8 Å². The lowest BCUT2D eigenvalue weighted by molar-refractivity contribution is -0.179. The van der Waals surface area contributed by atoms with Crippen LogP contribution >= 0.6 is 19.4 Å². The minimum absolute atomic E-state index is 0.0493. The van der Waals surface area contributed by atoms with Gasteiger partial charge in [-0.05, 0) is 25.1 Å². The summed E-state index contributed by atoms with van der Waals surface area (Å²) in [6.07, 6.45) is -3.35. The number of phosphoric ester groups is 1. The minimum Gasteiger partial charge on any atom is -0.404 e. The zero-order chi connectivity index (χ0) is 23.5. The molecule has 0 bridgehead atoms. The molecule has 0 radical (unpaired) electrons. The number of phosphoric acid groups is 1. The van der Waals surface area contributed by atoms with Crippen LogP contribution in [0.2, 0.25) is 5.02 Å². The SMILES string of the molecule is [2H]C([2H])(OP1(=O)OCc2cc(Cl)ccc2O1)[C@]1(F)C[C@@H](O)[C@H](n2cc(C)c(=O)[nH]c2=O)O1. The number of aromatic amines is 1. The van der Waals surface area contributed by atoms with Crippen molar-refractivity contribution in [2.24, 2.45) is 0 Å². The Balaban J connectivity index is 1.58. The number of hydrogen-bond acceptors (Lipinski definition) is 8. The fourth-order valence-corrected chi connectivity index (χ4v) is 4.29. The molecule has 2 N–H and O–H groups in total. The highest BCUT2D eigenvalue weighted by atomic mass is 35.5. The zero-order valence-electron chi connectivity index (χ0n) is 17.3. The summed E-state index contributed by atoms with van der Waals surface area (Å²) in [7, 11) is -4.65. The molecule has 0 spiro atoms. The standard InChI is InChI=1S/C17H17ClFN2O8P/c1-9-6-21(16(24)20-14(9)23)15-12(22)5-17(19,28-15)8-27-30(25)26-7-10-4-11(18)2-3-13(10)29-30/h2-4,6,12,15,22H,5,7-8H2,1H3,(H,20,23,24)/t12-,15-,17+,30?/m1/s1/i8D2. The van der Waals surface area contributed by atoms with Gasteiger partial charge in [0.05, 0.1) is 9.35 Å². The van der Waals surface area contributed by atoms with Crippen molar-refractivity contribution < 1.29 is 35.1 Å². The number of hydrogen-bond donors (Lipinski definition) is 2. The van der Waals surface area contributed by atoms with Gasteiger partial charge in [-0.1, -0.05) is 11.6 Å². The van der Waals surface area contributed by atoms with Crippen LogP contribution in [0.15, 0.2) is 34.0 Å². The zero-order valence-corrected chi connectivity index (χ0v) is 17.0. The number of fused-ring (bicyclic) bond motifs is 1. The van der Waals surface area contributed by atoms with Crippen molar-refractivity contribution in [3.8, 4) is 5.75 Å². The Morgan fingerprint density at radius 2 is 2.30 bits per heavy atom. The Morgan fingerprint density at radius 3 is 3.07 bits per heavy atom. The Labute approximate surface area is 176 Å². The van der Waals surface area contributed by atoms with Crippen molar-refractivity contribution >= 4 is 19.4 Å². The third kappa shape index (κ3) is 4.09. The molecule has 2 aliphatic rings. The number of nitrogens with zero attached hydrogens (tertiary/aromatic N) is 1. The smallest absolute Gasteiger partial charge is 0.404 e. The molecule has 2 aliphatic heterocycles. The maximum absolute atomic E-state index is 15.5. The minimum atomic E-state index is -4.65. The van der Waals surface area contributed by atoms with E-state index in [1.54, 1.807) is 0 Å². The molecule has 1 saturated heterocycles. The number of aliphatic hydroxyl groups is 1. The molecule has 1 aromatic heterocycles. The number of aliphatic hydroxyl groups excluding tert-OH is 1. The normalized spacial score (nSPS) is 32.1. The molecule has 10 nitrogen and oxygen atoms in total. The van der Waals surface area contributed by atoms with Crippen LogP contribution in [0.25, 0.3) is 0 Å². The van der Waals surface area contributed by atoms with Gasteiger partial charge in [-0.15, -0.1) is 0 Å². The topological polar surface area (TPSA) is 129 Å². The van der Waals surface area contributed by atoms with E-state index >= 15 is 4.39 Å². The molecule has 0 amide bonds. The van der Waals surface area contributed by atoms with Crippen LogP contribution in [0, 0.1) is 6.92 Å². The Bertz CT molecular complexity index is 1240. The van der Waals surface area contributed by atoms with Gasteiger partial charge in [-0.3, -0.25) is 23.4 Å². The maximum atomic E-state index is 15.5. The summed E-state index contributed by atoms with van der Waals surface area (Å²) in [6.45, 7) is -2.38. The van der Waals surface area contributed by atoms with Gasteiger partial charge >= 0.3 is 13.5 Å². The van der Waals surface area contributed by atoms with E-state index in [1.807, 2.05) is 4.98 Å². The second-order valence-electron chi connectivity index (χ2n) is 6.74. The van der Waals surface area contributed by atoms with Crippen LogP contribution in [-0.4, -0.2) is 33.2 Å². The fraction of sp³-hybridized carbons (Fsp3) is 0.412. The van der Waals surface area contributed by atoms with Gasteiger partial charge in [0.15, 0.2) is 6.23 Å². The average molecular weight is 465 g/mol. The number of halogens is 2. The van der Waals surface area contributed by atoms with Crippen molar-refractivity contribution in [3.05, 3.63) is 61.4 Å². The fourth-order valence-electron chi connectivity index (χ4n) is 2.99. The van der Waals surface area contributed by atoms with E-state index in [0.717, 1.165) is 6.20 Å². The molecule has 3 heterocycles. The second kappa shape index (κ2) is 7.60. The number of aromatic nitrogens is 2. The lowest BCUT2D eigenvalue weighted by Gasteiger charge is -2.27. The molecule has 30 heavy (non-hydrogen) atoms. The summed E-state index contributed by atoms with van der Waals surface area (Å²) in [6, 6.07) is 4.29. The van der Waals surface area contributed by atoms with Gasteiger partial charge in [-0.25, -0.2) is 13.8 Å². The monoisotopic (exact) mass is 464 g/mol. The van der Waals surface area contributed by atoms with E-state index in [4.69, 9.17) is 32.7 Å². The first kappa shape index (κ1) is 18.7. The molecule has 2 aromatic rings. The molecule has 1 unspecified atom stereocenters. The number of alkyl halides is 1. The van der Waals surface area contributed by atoms with Crippen molar-refractivity contribution in [1.82, 2.24) is 9.55 Å². The number of nitrogens with one attached hydrogen (secondary N) is 1. The van der Waals surface area contributed by atoms with Crippen LogP contribution in [0.1, 0.15) is 26.5 Å². The summed E-state index contributed by atoms with van der Waals surface area (Å²) in [5, 5.41) is 10.6. The summed E-state index contributed by atoms with van der Waals surface area (Å²) >= 11 is 5.86. The van der Waals surface area contributed by atoms with Gasteiger partial charge in [0.1, 0.15) is 18.4 Å². The highest BCUT2D eigenvalue weighted by Crippen LogP contribution is 2.55. The van der Waals surface area contributed by atoms with E-state index in [0.29, 0.717) is 15.2 Å². The third-order valence-electron chi connectivity index (χ3n) is 4.45. The third-order valence-corrected chi connectivity index (χ3v) is 5.86. The molecule has 4 atom stereocenters. The predicted molar refractivity (Wildman–Crippen MR) is 101 cm³/mol. The molecular weight excluding hydrogens is 446 g/mol. The van der Waals surface area contributed by atoms with Crippen LogP contribution in [-0.2, 0) is 25.0 Å². The Kier molecular flexibility index (Phi) is 4.74. The van der Waals surface area contributed by atoms with E-state index < -0.39 is 50.2 Å². The Hall–Kier alpha value is -2.01. The number of aryl methyl sites for hydroxylation is 1. The first-order valence-electron chi connectivity index (χ1n) is 9.63. The molecule has 0 aliphatic carbocycles. The van der Waals surface area contributed by atoms with Gasteiger partial charge in [0.25, 0.3) is 5.56 Å². The summed E-state index contributed by atoms with van der Waals surface area (Å²) in [5.41, 5.74) is -1.20. The number of rotatable bonds is 4. The van der Waals surface area contributed by atoms with Crippen LogP contribution in [0.3, 0.4) is 0 Å². The number of benzene rings is 1.